The molecule has 0 unspecified atom stereocenters. The number of carbonyl (C=O) groups is 3. The number of carboxylic acids is 1. The standard InChI is InChI=1S/C14H20N2O5/c1-16(9-3-7-13(18)19)12(17)6-2-8-15-14(20)11-5-4-10-21-11/h4-5,10H,2-3,6-9H2,1H3,(H,15,20)(H,18,19). The second-order valence-electron chi connectivity index (χ2n) is 4.65. The zero-order valence-corrected chi connectivity index (χ0v) is 12.0. The molecule has 0 aliphatic rings. The summed E-state index contributed by atoms with van der Waals surface area (Å²) < 4.78 is 4.94. The van der Waals surface area contributed by atoms with Gasteiger partial charge in [-0.3, -0.25) is 14.4 Å². The average molecular weight is 296 g/mol. The molecule has 0 atom stereocenters. The van der Waals surface area contributed by atoms with Crippen LogP contribution in [0.1, 0.15) is 36.2 Å². The molecule has 21 heavy (non-hydrogen) atoms. The van der Waals surface area contributed by atoms with Gasteiger partial charge >= 0.3 is 5.97 Å². The lowest BCUT2D eigenvalue weighted by molar-refractivity contribution is -0.138. The van der Waals surface area contributed by atoms with Gasteiger partial charge in [0.2, 0.25) is 5.91 Å². The number of furan rings is 1. The van der Waals surface area contributed by atoms with Crippen LogP contribution in [-0.4, -0.2) is 47.9 Å². The van der Waals surface area contributed by atoms with Gasteiger partial charge < -0.3 is 19.7 Å². The maximum atomic E-state index is 11.7. The molecule has 1 rings (SSSR count). The van der Waals surface area contributed by atoms with Gasteiger partial charge in [0, 0.05) is 33.0 Å². The first-order chi connectivity index (χ1) is 10.0. The molecule has 1 aromatic heterocycles. The predicted molar refractivity (Wildman–Crippen MR) is 74.8 cm³/mol. The van der Waals surface area contributed by atoms with Gasteiger partial charge in [0.25, 0.3) is 5.91 Å². The highest BCUT2D eigenvalue weighted by Gasteiger charge is 2.10. The topological polar surface area (TPSA) is 99.9 Å². The third-order valence-electron chi connectivity index (χ3n) is 2.91. The fourth-order valence-corrected chi connectivity index (χ4v) is 1.72. The van der Waals surface area contributed by atoms with Crippen LogP contribution in [0.15, 0.2) is 22.8 Å². The summed E-state index contributed by atoms with van der Waals surface area (Å²) in [4.78, 5) is 35.2. The van der Waals surface area contributed by atoms with Gasteiger partial charge in [0.1, 0.15) is 0 Å². The first kappa shape index (κ1) is 16.7. The second kappa shape index (κ2) is 8.78. The summed E-state index contributed by atoms with van der Waals surface area (Å²) in [7, 11) is 1.64. The highest BCUT2D eigenvalue weighted by molar-refractivity contribution is 5.91. The van der Waals surface area contributed by atoms with Crippen molar-refractivity contribution in [1.29, 1.82) is 0 Å². The van der Waals surface area contributed by atoms with Crippen LogP contribution in [0, 0.1) is 0 Å². The van der Waals surface area contributed by atoms with Crippen molar-refractivity contribution < 1.29 is 23.9 Å². The lowest BCUT2D eigenvalue weighted by Gasteiger charge is -2.16. The highest BCUT2D eigenvalue weighted by atomic mass is 16.4. The molecule has 0 radical (unpaired) electrons. The van der Waals surface area contributed by atoms with Gasteiger partial charge in [0.15, 0.2) is 5.76 Å². The minimum absolute atomic E-state index is 0.0524. The normalized spacial score (nSPS) is 10.1. The number of amides is 2. The number of rotatable bonds is 9. The summed E-state index contributed by atoms with van der Waals surface area (Å²) in [6, 6.07) is 3.20. The molecule has 7 nitrogen and oxygen atoms in total. The maximum absolute atomic E-state index is 11.7. The molecule has 0 saturated carbocycles. The lowest BCUT2D eigenvalue weighted by Crippen LogP contribution is -2.29. The molecule has 0 aliphatic carbocycles. The fraction of sp³-hybridized carbons (Fsp3) is 0.500. The number of hydrogen-bond acceptors (Lipinski definition) is 4. The number of carbonyl (C=O) groups excluding carboxylic acids is 2. The zero-order valence-electron chi connectivity index (χ0n) is 12.0. The van der Waals surface area contributed by atoms with Crippen molar-refractivity contribution in [3.05, 3.63) is 24.2 Å². The Bertz CT molecular complexity index is 470. The van der Waals surface area contributed by atoms with E-state index in [0.717, 1.165) is 0 Å². The zero-order chi connectivity index (χ0) is 15.7. The Morgan fingerprint density at radius 3 is 2.67 bits per heavy atom. The van der Waals surface area contributed by atoms with E-state index in [4.69, 9.17) is 9.52 Å². The quantitative estimate of drug-likeness (QED) is 0.665. The minimum Gasteiger partial charge on any atom is -0.481 e. The van der Waals surface area contributed by atoms with Crippen LogP contribution >= 0.6 is 0 Å². The molecule has 7 heteroatoms. The van der Waals surface area contributed by atoms with Crippen molar-refractivity contribution in [2.75, 3.05) is 20.1 Å². The van der Waals surface area contributed by atoms with E-state index in [1.165, 1.54) is 11.2 Å². The molecular formula is C14H20N2O5. The highest BCUT2D eigenvalue weighted by Crippen LogP contribution is 2.01. The third-order valence-corrected chi connectivity index (χ3v) is 2.91. The molecule has 0 spiro atoms. The Kier molecular flexibility index (Phi) is 7.00. The maximum Gasteiger partial charge on any atom is 0.303 e. The summed E-state index contributed by atoms with van der Waals surface area (Å²) in [5, 5.41) is 11.2. The molecule has 0 saturated heterocycles. The van der Waals surface area contributed by atoms with Crippen molar-refractivity contribution in [3.63, 3.8) is 0 Å². The van der Waals surface area contributed by atoms with Gasteiger partial charge in [-0.15, -0.1) is 0 Å². The van der Waals surface area contributed by atoms with Crippen molar-refractivity contribution in [3.8, 4) is 0 Å². The molecule has 0 aromatic carbocycles. The third kappa shape index (κ3) is 6.60. The van der Waals surface area contributed by atoms with E-state index in [0.29, 0.717) is 32.4 Å². The second-order valence-corrected chi connectivity index (χ2v) is 4.65. The predicted octanol–water partition coefficient (Wildman–Crippen LogP) is 1.11. The van der Waals surface area contributed by atoms with Gasteiger partial charge in [-0.1, -0.05) is 0 Å². The Hall–Kier alpha value is -2.31. The number of hydrogen-bond donors (Lipinski definition) is 2. The summed E-state index contributed by atoms with van der Waals surface area (Å²) in [6.07, 6.45) is 2.74. The molecule has 0 fully saturated rings. The van der Waals surface area contributed by atoms with E-state index < -0.39 is 5.97 Å². The van der Waals surface area contributed by atoms with E-state index in [9.17, 15) is 14.4 Å². The van der Waals surface area contributed by atoms with E-state index in [2.05, 4.69) is 5.32 Å². The first-order valence-corrected chi connectivity index (χ1v) is 6.78. The summed E-state index contributed by atoms with van der Waals surface area (Å²) in [6.45, 7) is 0.804. The molecule has 0 aliphatic heterocycles. The van der Waals surface area contributed by atoms with Crippen LogP contribution in [0.2, 0.25) is 0 Å². The molecule has 1 aromatic rings. The monoisotopic (exact) mass is 296 g/mol. The van der Waals surface area contributed by atoms with Crippen LogP contribution < -0.4 is 5.32 Å². The first-order valence-electron chi connectivity index (χ1n) is 6.78. The van der Waals surface area contributed by atoms with Crippen LogP contribution in [0.5, 0.6) is 0 Å². The number of nitrogens with one attached hydrogen (secondary N) is 1. The lowest BCUT2D eigenvalue weighted by atomic mass is 10.2. The molecule has 0 bridgehead atoms. The summed E-state index contributed by atoms with van der Waals surface area (Å²) in [5.74, 6) is -0.987. The van der Waals surface area contributed by atoms with Gasteiger partial charge in [-0.05, 0) is 25.0 Å². The summed E-state index contributed by atoms with van der Waals surface area (Å²) >= 11 is 0. The molecular weight excluding hydrogens is 276 g/mol. The van der Waals surface area contributed by atoms with Crippen molar-refractivity contribution in [2.45, 2.75) is 25.7 Å². The molecule has 1 heterocycles. The van der Waals surface area contributed by atoms with Crippen LogP contribution in [0.3, 0.4) is 0 Å². The van der Waals surface area contributed by atoms with Crippen molar-refractivity contribution in [1.82, 2.24) is 10.2 Å². The minimum atomic E-state index is -0.864. The van der Waals surface area contributed by atoms with Crippen LogP contribution in [-0.2, 0) is 9.59 Å². The smallest absolute Gasteiger partial charge is 0.303 e. The molecule has 2 amide bonds. The van der Waals surface area contributed by atoms with Crippen molar-refractivity contribution in [2.24, 2.45) is 0 Å². The largest absolute Gasteiger partial charge is 0.481 e. The number of carboxylic acid groups (broad SMARTS) is 1. The van der Waals surface area contributed by atoms with Gasteiger partial charge in [0.05, 0.1) is 6.26 Å². The molecule has 116 valence electrons. The van der Waals surface area contributed by atoms with E-state index in [1.807, 2.05) is 0 Å². The Labute approximate surface area is 122 Å². The number of nitrogens with zero attached hydrogens (tertiary/aromatic N) is 1. The Balaban J connectivity index is 2.12. The molecule has 2 N–H and O–H groups in total. The SMILES string of the molecule is CN(CCCC(=O)O)C(=O)CCCNC(=O)c1ccco1. The Morgan fingerprint density at radius 2 is 2.05 bits per heavy atom. The Morgan fingerprint density at radius 1 is 1.29 bits per heavy atom. The van der Waals surface area contributed by atoms with Gasteiger partial charge in [-0.25, -0.2) is 0 Å². The van der Waals surface area contributed by atoms with Crippen molar-refractivity contribution >= 4 is 17.8 Å². The van der Waals surface area contributed by atoms with E-state index in [-0.39, 0.29) is 24.0 Å². The fourth-order valence-electron chi connectivity index (χ4n) is 1.72. The van der Waals surface area contributed by atoms with E-state index >= 15 is 0 Å². The average Bonchev–Trinajstić information content (AvgIpc) is 2.96. The number of aliphatic carboxylic acids is 1. The van der Waals surface area contributed by atoms with Crippen LogP contribution in [0.25, 0.3) is 0 Å². The van der Waals surface area contributed by atoms with Gasteiger partial charge in [-0.2, -0.15) is 0 Å². The van der Waals surface area contributed by atoms with Crippen LogP contribution in [0.4, 0.5) is 0 Å². The van der Waals surface area contributed by atoms with E-state index in [1.54, 1.807) is 19.2 Å². The summed E-state index contributed by atoms with van der Waals surface area (Å²) in [5.41, 5.74) is 0.